The van der Waals surface area contributed by atoms with Crippen molar-refractivity contribution < 1.29 is 10.2 Å². The summed E-state index contributed by atoms with van der Waals surface area (Å²) in [5.41, 5.74) is 5.93. The zero-order valence-corrected chi connectivity index (χ0v) is 17.4. The van der Waals surface area contributed by atoms with Crippen molar-refractivity contribution in [1.29, 1.82) is 0 Å². The van der Waals surface area contributed by atoms with Crippen molar-refractivity contribution in [2.24, 2.45) is 0 Å². The fraction of sp³-hybridized carbons (Fsp3) is 0.417. The van der Waals surface area contributed by atoms with Crippen LogP contribution in [-0.2, 0) is 10.8 Å². The molecule has 0 aliphatic heterocycles. The van der Waals surface area contributed by atoms with Crippen LogP contribution in [0.5, 0.6) is 11.5 Å². The summed E-state index contributed by atoms with van der Waals surface area (Å²) in [6, 6.07) is 7.82. The van der Waals surface area contributed by atoms with E-state index >= 15 is 0 Å². The molecular weight excluding hydrogens is 320 g/mol. The van der Waals surface area contributed by atoms with Gasteiger partial charge in [0.15, 0.2) is 0 Å². The molecule has 26 heavy (non-hydrogen) atoms. The fourth-order valence-electron chi connectivity index (χ4n) is 3.16. The summed E-state index contributed by atoms with van der Waals surface area (Å²) >= 11 is 0. The molecule has 140 valence electrons. The Kier molecular flexibility index (Phi) is 5.28. The van der Waals surface area contributed by atoms with Crippen molar-refractivity contribution >= 4 is 12.2 Å². The Balaban J connectivity index is 2.51. The van der Waals surface area contributed by atoms with E-state index in [2.05, 4.69) is 65.8 Å². The maximum Gasteiger partial charge on any atom is 0.119 e. The summed E-state index contributed by atoms with van der Waals surface area (Å²) < 4.78 is 0. The maximum absolute atomic E-state index is 10.3. The molecule has 0 fully saturated rings. The van der Waals surface area contributed by atoms with Crippen LogP contribution in [0.2, 0.25) is 0 Å². The second kappa shape index (κ2) is 6.83. The third-order valence-corrected chi connectivity index (χ3v) is 4.83. The third kappa shape index (κ3) is 4.30. The van der Waals surface area contributed by atoms with Gasteiger partial charge in [0, 0.05) is 0 Å². The number of rotatable bonds is 2. The molecule has 0 unspecified atom stereocenters. The predicted molar refractivity (Wildman–Crippen MR) is 112 cm³/mol. The summed E-state index contributed by atoms with van der Waals surface area (Å²) in [6.45, 7) is 16.6. The van der Waals surface area contributed by atoms with E-state index in [9.17, 15) is 10.2 Å². The molecule has 2 aromatic rings. The van der Waals surface area contributed by atoms with E-state index in [1.165, 1.54) is 0 Å². The second-order valence-corrected chi connectivity index (χ2v) is 9.29. The summed E-state index contributed by atoms with van der Waals surface area (Å²) in [7, 11) is 0. The van der Waals surface area contributed by atoms with Crippen molar-refractivity contribution in [3.05, 3.63) is 57.6 Å². The van der Waals surface area contributed by atoms with Crippen LogP contribution >= 0.6 is 0 Å². The van der Waals surface area contributed by atoms with Crippen LogP contribution < -0.4 is 0 Å². The van der Waals surface area contributed by atoms with Crippen LogP contribution in [0.15, 0.2) is 24.3 Å². The van der Waals surface area contributed by atoms with Crippen LogP contribution in [-0.4, -0.2) is 10.2 Å². The highest BCUT2D eigenvalue weighted by Gasteiger charge is 2.20. The Bertz CT molecular complexity index is 772. The first-order valence-corrected chi connectivity index (χ1v) is 9.17. The van der Waals surface area contributed by atoms with Gasteiger partial charge in [-0.1, -0.05) is 53.7 Å². The number of hydrogen-bond acceptors (Lipinski definition) is 2. The van der Waals surface area contributed by atoms with Crippen LogP contribution in [0.4, 0.5) is 0 Å². The number of aryl methyl sites for hydroxylation is 2. The molecule has 2 aromatic carbocycles. The highest BCUT2D eigenvalue weighted by atomic mass is 16.3. The Morgan fingerprint density at radius 1 is 0.615 bits per heavy atom. The molecule has 2 heteroatoms. The lowest BCUT2D eigenvalue weighted by atomic mass is 9.83. The van der Waals surface area contributed by atoms with Gasteiger partial charge >= 0.3 is 0 Å². The van der Waals surface area contributed by atoms with Crippen LogP contribution in [0, 0.1) is 13.8 Å². The molecule has 0 aliphatic carbocycles. The first kappa shape index (κ1) is 20.1. The van der Waals surface area contributed by atoms with E-state index < -0.39 is 0 Å². The summed E-state index contributed by atoms with van der Waals surface area (Å²) in [4.78, 5) is 0. The molecule has 2 N–H and O–H groups in total. The van der Waals surface area contributed by atoms with Gasteiger partial charge < -0.3 is 10.2 Å². The Hall–Kier alpha value is -2.22. The molecule has 2 nitrogen and oxygen atoms in total. The SMILES string of the molecule is Cc1cc(O)c(C(C)(C)C)cc1C=Cc1cc(C(C)(C)C)c(O)cc1C. The van der Waals surface area contributed by atoms with Crippen LogP contribution in [0.1, 0.15) is 74.9 Å². The van der Waals surface area contributed by atoms with Crippen LogP contribution in [0.25, 0.3) is 12.2 Å². The average molecular weight is 353 g/mol. The van der Waals surface area contributed by atoms with Gasteiger partial charge in [-0.2, -0.15) is 0 Å². The molecule has 0 aliphatic rings. The molecule has 2 rings (SSSR count). The monoisotopic (exact) mass is 352 g/mol. The molecular formula is C24H32O2. The molecule has 0 radical (unpaired) electrons. The Labute approximate surface area is 158 Å². The van der Waals surface area contributed by atoms with Gasteiger partial charge in [0.25, 0.3) is 0 Å². The maximum atomic E-state index is 10.3. The number of benzene rings is 2. The topological polar surface area (TPSA) is 40.5 Å². The summed E-state index contributed by atoms with van der Waals surface area (Å²) in [5.74, 6) is 0.700. The highest BCUT2D eigenvalue weighted by Crippen LogP contribution is 2.35. The van der Waals surface area contributed by atoms with Crippen LogP contribution in [0.3, 0.4) is 0 Å². The number of aromatic hydroxyl groups is 2. The Morgan fingerprint density at radius 2 is 0.923 bits per heavy atom. The highest BCUT2D eigenvalue weighted by molar-refractivity contribution is 5.74. The minimum atomic E-state index is -0.117. The standard InChI is InChI=1S/C24H32O2/c1-15-11-21(25)19(23(3,4)5)13-17(15)9-10-18-14-20(24(6,7)8)22(26)12-16(18)2/h9-14,25-26H,1-8H3. The van der Waals surface area contributed by atoms with Gasteiger partial charge in [-0.3, -0.25) is 0 Å². The van der Waals surface area contributed by atoms with Crippen molar-refractivity contribution in [3.63, 3.8) is 0 Å². The first-order valence-electron chi connectivity index (χ1n) is 9.17. The number of phenolic OH excluding ortho intramolecular Hbond substituents is 2. The molecule has 0 saturated carbocycles. The van der Waals surface area contributed by atoms with E-state index in [0.29, 0.717) is 11.5 Å². The first-order chi connectivity index (χ1) is 11.8. The zero-order chi connectivity index (χ0) is 19.9. The quantitative estimate of drug-likeness (QED) is 0.607. The van der Waals surface area contributed by atoms with Crippen molar-refractivity contribution in [2.45, 2.75) is 66.2 Å². The van der Waals surface area contributed by atoms with E-state index in [4.69, 9.17) is 0 Å². The fourth-order valence-corrected chi connectivity index (χ4v) is 3.16. The Morgan fingerprint density at radius 3 is 1.19 bits per heavy atom. The smallest absolute Gasteiger partial charge is 0.119 e. The number of hydrogen-bond donors (Lipinski definition) is 2. The van der Waals surface area contributed by atoms with Gasteiger partial charge in [-0.05, 0) is 82.3 Å². The van der Waals surface area contributed by atoms with E-state index in [-0.39, 0.29) is 10.8 Å². The van der Waals surface area contributed by atoms with Gasteiger partial charge in [-0.15, -0.1) is 0 Å². The van der Waals surface area contributed by atoms with Gasteiger partial charge in [-0.25, -0.2) is 0 Å². The average Bonchev–Trinajstić information content (AvgIpc) is 2.45. The molecule has 0 saturated heterocycles. The molecule has 0 bridgehead atoms. The summed E-state index contributed by atoms with van der Waals surface area (Å²) in [6.07, 6.45) is 4.19. The number of phenols is 2. The van der Waals surface area contributed by atoms with E-state index in [1.54, 1.807) is 0 Å². The lowest BCUT2D eigenvalue weighted by Crippen LogP contribution is -2.12. The van der Waals surface area contributed by atoms with Gasteiger partial charge in [0.2, 0.25) is 0 Å². The lowest BCUT2D eigenvalue weighted by Gasteiger charge is -2.22. The van der Waals surface area contributed by atoms with E-state index in [0.717, 1.165) is 33.4 Å². The molecule has 0 amide bonds. The van der Waals surface area contributed by atoms with Gasteiger partial charge in [0.05, 0.1) is 0 Å². The zero-order valence-electron chi connectivity index (χ0n) is 17.4. The minimum absolute atomic E-state index is 0.117. The van der Waals surface area contributed by atoms with Gasteiger partial charge in [0.1, 0.15) is 11.5 Å². The third-order valence-electron chi connectivity index (χ3n) is 4.83. The largest absolute Gasteiger partial charge is 0.508 e. The van der Waals surface area contributed by atoms with E-state index in [1.807, 2.05) is 26.0 Å². The minimum Gasteiger partial charge on any atom is -0.508 e. The molecule has 0 spiro atoms. The summed E-state index contributed by atoms with van der Waals surface area (Å²) in [5, 5.41) is 20.6. The second-order valence-electron chi connectivity index (χ2n) is 9.29. The molecule has 0 atom stereocenters. The molecule has 0 heterocycles. The van der Waals surface area contributed by atoms with Crippen molar-refractivity contribution in [2.75, 3.05) is 0 Å². The van der Waals surface area contributed by atoms with Crippen molar-refractivity contribution in [1.82, 2.24) is 0 Å². The lowest BCUT2D eigenvalue weighted by molar-refractivity contribution is 0.445. The molecule has 0 aromatic heterocycles. The predicted octanol–water partition coefficient (Wildman–Crippen LogP) is 6.48. The van der Waals surface area contributed by atoms with Crippen molar-refractivity contribution in [3.8, 4) is 11.5 Å². The normalized spacial score (nSPS) is 12.8.